The van der Waals surface area contributed by atoms with Crippen molar-refractivity contribution in [1.82, 2.24) is 18.0 Å². The highest BCUT2D eigenvalue weighted by molar-refractivity contribution is 7.89. The van der Waals surface area contributed by atoms with E-state index in [9.17, 15) is 26.4 Å². The van der Waals surface area contributed by atoms with Gasteiger partial charge >= 0.3 is 6.18 Å². The number of aromatic nitrogens is 2. The van der Waals surface area contributed by atoms with Gasteiger partial charge in [-0.05, 0) is 30.3 Å². The van der Waals surface area contributed by atoms with Crippen LogP contribution in [0.2, 0.25) is 0 Å². The van der Waals surface area contributed by atoms with Gasteiger partial charge in [0.05, 0.1) is 17.3 Å². The van der Waals surface area contributed by atoms with Crippen LogP contribution >= 0.6 is 11.7 Å². The molecule has 0 aliphatic carbocycles. The molecule has 4 rings (SSSR count). The number of hydrogen-bond acceptors (Lipinski definition) is 6. The molecule has 0 atom stereocenters. The Hall–Kier alpha value is -2.57. The molecule has 1 amide bonds. The molecular formula is C18H15F3N4O3S2. The minimum Gasteiger partial charge on any atom is -0.336 e. The number of amides is 1. The number of carbonyl (C=O) groups excluding carboxylic acids is 1. The van der Waals surface area contributed by atoms with Crippen LogP contribution in [-0.4, -0.2) is 58.5 Å². The summed E-state index contributed by atoms with van der Waals surface area (Å²) in [5.41, 5.74) is -0.205. The zero-order valence-electron chi connectivity index (χ0n) is 15.3. The summed E-state index contributed by atoms with van der Waals surface area (Å²) in [4.78, 5) is 14.0. The Morgan fingerprint density at radius 1 is 1.00 bits per heavy atom. The predicted octanol–water partition coefficient (Wildman–Crippen LogP) is 2.86. The molecule has 0 spiro atoms. The predicted molar refractivity (Wildman–Crippen MR) is 104 cm³/mol. The van der Waals surface area contributed by atoms with Crippen LogP contribution in [0.1, 0.15) is 15.9 Å². The van der Waals surface area contributed by atoms with Crippen LogP contribution < -0.4 is 0 Å². The van der Waals surface area contributed by atoms with Crippen LogP contribution in [0.25, 0.3) is 11.0 Å². The Labute approximate surface area is 174 Å². The third-order valence-corrected chi connectivity index (χ3v) is 7.30. The maximum Gasteiger partial charge on any atom is 0.416 e. The average molecular weight is 456 g/mol. The van der Waals surface area contributed by atoms with Crippen molar-refractivity contribution < 1.29 is 26.4 Å². The summed E-state index contributed by atoms with van der Waals surface area (Å²) in [6.45, 7) is 0.196. The zero-order valence-corrected chi connectivity index (χ0v) is 17.0. The highest BCUT2D eigenvalue weighted by Gasteiger charge is 2.34. The van der Waals surface area contributed by atoms with E-state index < -0.39 is 27.7 Å². The van der Waals surface area contributed by atoms with E-state index in [1.807, 2.05) is 0 Å². The second-order valence-corrected chi connectivity index (χ2v) is 9.10. The monoisotopic (exact) mass is 456 g/mol. The molecule has 1 fully saturated rings. The third-order valence-electron chi connectivity index (χ3n) is 4.83. The molecule has 0 bridgehead atoms. The summed E-state index contributed by atoms with van der Waals surface area (Å²) in [6.07, 6.45) is -4.55. The molecule has 12 heteroatoms. The molecule has 1 aliphatic rings. The number of hydrogen-bond donors (Lipinski definition) is 0. The van der Waals surface area contributed by atoms with E-state index in [0.717, 1.165) is 23.9 Å². The lowest BCUT2D eigenvalue weighted by molar-refractivity contribution is -0.137. The van der Waals surface area contributed by atoms with Gasteiger partial charge in [-0.2, -0.15) is 26.2 Å². The van der Waals surface area contributed by atoms with Crippen LogP contribution in [0.4, 0.5) is 13.2 Å². The van der Waals surface area contributed by atoms with E-state index in [-0.39, 0.29) is 36.6 Å². The summed E-state index contributed by atoms with van der Waals surface area (Å²) < 4.78 is 74.1. The highest BCUT2D eigenvalue weighted by Crippen LogP contribution is 2.30. The summed E-state index contributed by atoms with van der Waals surface area (Å²) in [5.74, 6) is -0.566. The molecule has 1 saturated heterocycles. The molecule has 0 unspecified atom stereocenters. The standard InChI is InChI=1S/C18H15F3N4O3S2/c19-18(20,21)13-4-1-3-12(11-13)17(26)24-7-9-25(10-8-24)30(27,28)15-6-2-5-14-16(15)23-29-22-14/h1-6,11H,7-10H2. The molecule has 2 aromatic carbocycles. The normalized spacial score (nSPS) is 16.2. The molecule has 2 heterocycles. The largest absolute Gasteiger partial charge is 0.416 e. The van der Waals surface area contributed by atoms with Crippen LogP contribution in [0.15, 0.2) is 47.4 Å². The number of benzene rings is 2. The molecule has 0 N–H and O–H groups in total. The number of sulfonamides is 1. The van der Waals surface area contributed by atoms with Gasteiger partial charge in [-0.3, -0.25) is 4.79 Å². The van der Waals surface area contributed by atoms with E-state index in [0.29, 0.717) is 11.0 Å². The Morgan fingerprint density at radius 2 is 1.70 bits per heavy atom. The maximum absolute atomic E-state index is 13.0. The van der Waals surface area contributed by atoms with E-state index in [1.54, 1.807) is 12.1 Å². The van der Waals surface area contributed by atoms with Crippen molar-refractivity contribution in [3.8, 4) is 0 Å². The van der Waals surface area contributed by atoms with Crippen molar-refractivity contribution in [2.75, 3.05) is 26.2 Å². The Bertz CT molecular complexity index is 1200. The Kier molecular flexibility index (Phi) is 5.24. The lowest BCUT2D eigenvalue weighted by atomic mass is 10.1. The first-order valence-electron chi connectivity index (χ1n) is 8.86. The van der Waals surface area contributed by atoms with Crippen molar-refractivity contribution in [3.63, 3.8) is 0 Å². The number of rotatable bonds is 3. The zero-order chi connectivity index (χ0) is 21.5. The summed E-state index contributed by atoms with van der Waals surface area (Å²) >= 11 is 0.919. The van der Waals surface area contributed by atoms with Gasteiger partial charge < -0.3 is 4.90 Å². The van der Waals surface area contributed by atoms with Crippen molar-refractivity contribution in [2.24, 2.45) is 0 Å². The van der Waals surface area contributed by atoms with Crippen molar-refractivity contribution in [3.05, 3.63) is 53.6 Å². The van der Waals surface area contributed by atoms with E-state index in [4.69, 9.17) is 0 Å². The smallest absolute Gasteiger partial charge is 0.336 e. The van der Waals surface area contributed by atoms with Gasteiger partial charge in [-0.25, -0.2) is 8.42 Å². The summed E-state index contributed by atoms with van der Waals surface area (Å²) in [6, 6.07) is 8.92. The SMILES string of the molecule is O=C(c1cccc(C(F)(F)F)c1)N1CCN(S(=O)(=O)c2cccc3nsnc23)CC1. The Morgan fingerprint density at radius 3 is 2.40 bits per heavy atom. The fourth-order valence-electron chi connectivity index (χ4n) is 3.27. The molecule has 1 aromatic heterocycles. The van der Waals surface area contributed by atoms with Gasteiger partial charge in [0.15, 0.2) is 0 Å². The topological polar surface area (TPSA) is 83.5 Å². The molecule has 7 nitrogen and oxygen atoms in total. The summed E-state index contributed by atoms with van der Waals surface area (Å²) in [7, 11) is -3.85. The van der Waals surface area contributed by atoms with Crippen molar-refractivity contribution in [1.29, 1.82) is 0 Å². The number of alkyl halides is 3. The first kappa shape index (κ1) is 20.7. The summed E-state index contributed by atoms with van der Waals surface area (Å²) in [5, 5.41) is 0. The second kappa shape index (κ2) is 7.60. The lowest BCUT2D eigenvalue weighted by Gasteiger charge is -2.34. The highest BCUT2D eigenvalue weighted by atomic mass is 32.2. The number of halogens is 3. The Balaban J connectivity index is 1.50. The van der Waals surface area contributed by atoms with Gasteiger partial charge in [0, 0.05) is 31.7 Å². The molecule has 0 radical (unpaired) electrons. The van der Waals surface area contributed by atoms with Crippen LogP contribution in [0.3, 0.4) is 0 Å². The van der Waals surface area contributed by atoms with Crippen LogP contribution in [0.5, 0.6) is 0 Å². The van der Waals surface area contributed by atoms with Crippen LogP contribution in [0, 0.1) is 0 Å². The van der Waals surface area contributed by atoms with Crippen molar-refractivity contribution in [2.45, 2.75) is 11.1 Å². The van der Waals surface area contributed by atoms with Gasteiger partial charge in [0.2, 0.25) is 10.0 Å². The van der Waals surface area contributed by atoms with Gasteiger partial charge in [-0.1, -0.05) is 12.1 Å². The van der Waals surface area contributed by atoms with E-state index >= 15 is 0 Å². The van der Waals surface area contributed by atoms with Crippen LogP contribution in [-0.2, 0) is 16.2 Å². The fourth-order valence-corrected chi connectivity index (χ4v) is 5.45. The molecule has 3 aromatic rings. The average Bonchev–Trinajstić information content (AvgIpc) is 3.21. The van der Waals surface area contributed by atoms with Gasteiger partial charge in [0.25, 0.3) is 5.91 Å². The van der Waals surface area contributed by atoms with Gasteiger partial charge in [-0.15, -0.1) is 0 Å². The van der Waals surface area contributed by atoms with Crippen molar-refractivity contribution >= 4 is 38.7 Å². The number of fused-ring (bicyclic) bond motifs is 1. The molecule has 30 heavy (non-hydrogen) atoms. The third kappa shape index (κ3) is 3.77. The lowest BCUT2D eigenvalue weighted by Crippen LogP contribution is -2.50. The van der Waals surface area contributed by atoms with Gasteiger partial charge in [0.1, 0.15) is 15.9 Å². The van der Waals surface area contributed by atoms with E-state index in [1.165, 1.54) is 27.4 Å². The number of piperazine rings is 1. The molecular weight excluding hydrogens is 441 g/mol. The maximum atomic E-state index is 13.0. The first-order chi connectivity index (χ1) is 14.2. The molecule has 1 aliphatic heterocycles. The fraction of sp³-hybridized carbons (Fsp3) is 0.278. The minimum absolute atomic E-state index is 0.0288. The molecule has 0 saturated carbocycles. The quantitative estimate of drug-likeness (QED) is 0.605. The number of nitrogens with zero attached hydrogens (tertiary/aromatic N) is 4. The first-order valence-corrected chi connectivity index (χ1v) is 11.0. The minimum atomic E-state index is -4.55. The number of carbonyl (C=O) groups is 1. The van der Waals surface area contributed by atoms with E-state index in [2.05, 4.69) is 8.75 Å². The molecule has 158 valence electrons. The second-order valence-electron chi connectivity index (χ2n) is 6.66.